The van der Waals surface area contributed by atoms with Crippen LogP contribution in [0.3, 0.4) is 0 Å². The lowest BCUT2D eigenvalue weighted by Crippen LogP contribution is -2.75. The van der Waals surface area contributed by atoms with E-state index in [0.717, 1.165) is 5.56 Å². The number of benzene rings is 1. The van der Waals surface area contributed by atoms with Crippen molar-refractivity contribution in [3.05, 3.63) is 35.9 Å². The van der Waals surface area contributed by atoms with Gasteiger partial charge in [0.2, 0.25) is 0 Å². The highest BCUT2D eigenvalue weighted by atomic mass is 31.2. The Bertz CT molecular complexity index is 881. The van der Waals surface area contributed by atoms with Crippen LogP contribution >= 0.6 is 7.60 Å². The van der Waals surface area contributed by atoms with Crippen molar-refractivity contribution in [1.82, 2.24) is 0 Å². The zero-order valence-corrected chi connectivity index (χ0v) is 23.9. The van der Waals surface area contributed by atoms with Crippen molar-refractivity contribution < 1.29 is 37.0 Å². The predicted molar refractivity (Wildman–Crippen MR) is 135 cm³/mol. The largest absolute Gasteiger partial charge is 0.408 e. The Morgan fingerprint density at radius 3 is 2.06 bits per heavy atom. The van der Waals surface area contributed by atoms with Crippen LogP contribution in [0.2, 0.25) is 18.1 Å². The van der Waals surface area contributed by atoms with Gasteiger partial charge in [-0.25, -0.2) is 0 Å². The summed E-state index contributed by atoms with van der Waals surface area (Å²) in [6.45, 7) is 14.9. The molecule has 7 atom stereocenters. The molecule has 4 bridgehead atoms. The van der Waals surface area contributed by atoms with Crippen molar-refractivity contribution in [1.29, 1.82) is 0 Å². The molecule has 35 heavy (non-hydrogen) atoms. The molecule has 3 heterocycles. The fourth-order valence-electron chi connectivity index (χ4n) is 4.84. The number of hydrogen-bond donors (Lipinski definition) is 0. The molecular formula is C25H41O8PSi. The van der Waals surface area contributed by atoms with E-state index in [1.165, 1.54) is 0 Å². The van der Waals surface area contributed by atoms with Crippen molar-refractivity contribution in [2.24, 2.45) is 5.92 Å². The first kappa shape index (κ1) is 27.4. The van der Waals surface area contributed by atoms with E-state index >= 15 is 0 Å². The Labute approximate surface area is 210 Å². The topological polar surface area (TPSA) is 81.7 Å². The first-order valence-electron chi connectivity index (χ1n) is 12.7. The van der Waals surface area contributed by atoms with E-state index in [-0.39, 0.29) is 41.5 Å². The van der Waals surface area contributed by atoms with Crippen LogP contribution in [0.4, 0.5) is 0 Å². The second-order valence-corrected chi connectivity index (χ2v) is 17.8. The van der Waals surface area contributed by atoms with Gasteiger partial charge in [0.25, 0.3) is 6.48 Å². The van der Waals surface area contributed by atoms with Gasteiger partial charge in [0, 0.05) is 5.92 Å². The van der Waals surface area contributed by atoms with Crippen LogP contribution in [0, 0.1) is 5.92 Å². The van der Waals surface area contributed by atoms with Gasteiger partial charge in [0.1, 0.15) is 18.3 Å². The summed E-state index contributed by atoms with van der Waals surface area (Å²) in [7, 11) is -5.55. The van der Waals surface area contributed by atoms with Gasteiger partial charge in [-0.3, -0.25) is 4.57 Å². The van der Waals surface area contributed by atoms with Crippen LogP contribution in [0.5, 0.6) is 0 Å². The molecule has 0 N–H and O–H groups in total. The fourth-order valence-corrected chi connectivity index (χ4v) is 8.14. The zero-order chi connectivity index (χ0) is 25.4. The first-order chi connectivity index (χ1) is 16.5. The van der Waals surface area contributed by atoms with Crippen molar-refractivity contribution in [2.45, 2.75) is 96.4 Å². The molecule has 4 fully saturated rings. The van der Waals surface area contributed by atoms with Gasteiger partial charge in [-0.15, -0.1) is 0 Å². The minimum atomic E-state index is -3.36. The molecule has 3 saturated heterocycles. The van der Waals surface area contributed by atoms with Gasteiger partial charge in [0.05, 0.1) is 38.2 Å². The number of hydrogen-bond acceptors (Lipinski definition) is 8. The third-order valence-corrected chi connectivity index (χ3v) is 14.2. The average Bonchev–Trinajstić information content (AvgIpc) is 2.78. The Morgan fingerprint density at radius 1 is 0.914 bits per heavy atom. The predicted octanol–water partition coefficient (Wildman–Crippen LogP) is 5.32. The normalized spacial score (nSPS) is 32.8. The van der Waals surface area contributed by atoms with Crippen LogP contribution < -0.4 is 0 Å². The Morgan fingerprint density at radius 2 is 1.49 bits per heavy atom. The SMILES string of the molecule is CCOP(=O)(C[C@@H]1[C@H]2OC3O[C@H]([C@@H]2O[Si](C)(C)C(C)(C)C)[C@H](OCc2ccccc2)[C@H]1O3)OCC. The monoisotopic (exact) mass is 528 g/mol. The molecule has 5 rings (SSSR count). The van der Waals surface area contributed by atoms with Crippen molar-refractivity contribution in [2.75, 3.05) is 19.4 Å². The highest BCUT2D eigenvalue weighted by Crippen LogP contribution is 2.56. The van der Waals surface area contributed by atoms with E-state index in [9.17, 15) is 4.57 Å². The molecule has 0 amide bonds. The minimum Gasteiger partial charge on any atom is -0.408 e. The maximum atomic E-state index is 13.6. The quantitative estimate of drug-likeness (QED) is 0.282. The van der Waals surface area contributed by atoms with E-state index in [1.54, 1.807) is 0 Å². The lowest BCUT2D eigenvalue weighted by Gasteiger charge is -2.60. The maximum Gasteiger partial charge on any atom is 0.331 e. The Hall–Kier alpha value is -0.613. The molecule has 198 valence electrons. The van der Waals surface area contributed by atoms with Gasteiger partial charge in [-0.2, -0.15) is 0 Å². The van der Waals surface area contributed by atoms with Crippen LogP contribution in [0.25, 0.3) is 0 Å². The van der Waals surface area contributed by atoms with E-state index in [0.29, 0.717) is 19.8 Å². The highest BCUT2D eigenvalue weighted by molar-refractivity contribution is 7.53. The summed E-state index contributed by atoms with van der Waals surface area (Å²) in [6.07, 6.45) is -1.65. The molecule has 10 heteroatoms. The molecular weight excluding hydrogens is 487 g/mol. The summed E-state index contributed by atoms with van der Waals surface area (Å²) in [5.74, 6) is -0.286. The summed E-state index contributed by atoms with van der Waals surface area (Å²) in [5.41, 5.74) is 1.06. The molecule has 0 radical (unpaired) electrons. The molecule has 8 nitrogen and oxygen atoms in total. The summed E-state index contributed by atoms with van der Waals surface area (Å²) in [4.78, 5) is 0. The van der Waals surface area contributed by atoms with Crippen molar-refractivity contribution >= 4 is 15.9 Å². The zero-order valence-electron chi connectivity index (χ0n) is 22.0. The molecule has 3 aliphatic heterocycles. The smallest absolute Gasteiger partial charge is 0.331 e. The molecule has 0 spiro atoms. The summed E-state index contributed by atoms with van der Waals surface area (Å²) >= 11 is 0. The third-order valence-electron chi connectivity index (χ3n) is 7.55. The molecule has 0 aromatic heterocycles. The summed E-state index contributed by atoms with van der Waals surface area (Å²) in [6, 6.07) is 10.0. The van der Waals surface area contributed by atoms with Gasteiger partial charge in [0.15, 0.2) is 8.32 Å². The van der Waals surface area contributed by atoms with Crippen molar-refractivity contribution in [3.63, 3.8) is 0 Å². The third kappa shape index (κ3) is 5.79. The van der Waals surface area contributed by atoms with Crippen LogP contribution in [-0.2, 0) is 43.6 Å². The minimum absolute atomic E-state index is 0.0000112. The molecule has 1 unspecified atom stereocenters. The second-order valence-electron chi connectivity index (χ2n) is 11.0. The van der Waals surface area contributed by atoms with Crippen LogP contribution in [0.1, 0.15) is 40.2 Å². The maximum absolute atomic E-state index is 13.6. The number of rotatable bonds is 11. The van der Waals surface area contributed by atoms with E-state index < -0.39 is 28.5 Å². The summed E-state index contributed by atoms with van der Waals surface area (Å²) < 4.78 is 56.7. The highest BCUT2D eigenvalue weighted by Gasteiger charge is 2.65. The first-order valence-corrected chi connectivity index (χ1v) is 17.3. The van der Waals surface area contributed by atoms with E-state index in [2.05, 4.69) is 33.9 Å². The fraction of sp³-hybridized carbons (Fsp3) is 0.760. The van der Waals surface area contributed by atoms with Crippen molar-refractivity contribution in [3.8, 4) is 0 Å². The lowest BCUT2D eigenvalue weighted by molar-refractivity contribution is -0.477. The molecule has 1 saturated carbocycles. The van der Waals surface area contributed by atoms with Gasteiger partial charge < -0.3 is 32.4 Å². The molecule has 1 aromatic carbocycles. The van der Waals surface area contributed by atoms with Gasteiger partial charge in [-0.1, -0.05) is 51.1 Å². The van der Waals surface area contributed by atoms with Crippen LogP contribution in [-0.4, -0.2) is 64.7 Å². The standard InChI is InChI=1S/C25H41O8PSi/c1-8-28-34(26,29-9-2)16-18-19-21(27-15-17-13-11-10-12-14-17)22-23(20(18)31-24(30-19)32-22)33-35(6,7)25(3,4)5/h10-14,18-24H,8-9,15-16H2,1-7H3/t18-,19-,20+,21+,22-,23+,24?/m0/s1. The van der Waals surface area contributed by atoms with E-state index in [1.807, 2.05) is 44.2 Å². The summed E-state index contributed by atoms with van der Waals surface area (Å²) in [5, 5.41) is -0.0000112. The van der Waals surface area contributed by atoms with E-state index in [4.69, 9.17) is 32.4 Å². The van der Waals surface area contributed by atoms with Crippen LogP contribution in [0.15, 0.2) is 30.3 Å². The Balaban J connectivity index is 1.65. The average molecular weight is 529 g/mol. The second kappa shape index (κ2) is 10.6. The molecule has 4 aliphatic rings. The number of ether oxygens (including phenoxy) is 4. The van der Waals surface area contributed by atoms with Gasteiger partial charge >= 0.3 is 7.60 Å². The lowest BCUT2D eigenvalue weighted by atomic mass is 9.77. The van der Waals surface area contributed by atoms with Gasteiger partial charge in [-0.05, 0) is 37.5 Å². The Kier molecular flexibility index (Phi) is 8.33. The molecule has 1 aliphatic carbocycles. The molecule has 1 aromatic rings.